The van der Waals surface area contributed by atoms with Crippen LogP contribution in [-0.4, -0.2) is 22.4 Å². The van der Waals surface area contributed by atoms with Gasteiger partial charge < -0.3 is 20.0 Å². The predicted octanol–water partition coefficient (Wildman–Crippen LogP) is 9.23. The topological polar surface area (TPSA) is 46.9 Å². The molecule has 1 saturated carbocycles. The number of anilines is 6. The zero-order valence-corrected chi connectivity index (χ0v) is 24.3. The van der Waals surface area contributed by atoms with Crippen LogP contribution in [0, 0.1) is 0 Å². The predicted molar refractivity (Wildman–Crippen MR) is 180 cm³/mol. The molecule has 0 bridgehead atoms. The van der Waals surface area contributed by atoms with Crippen LogP contribution in [0.1, 0.15) is 23.0 Å². The molecule has 0 spiro atoms. The average molecular weight is 575 g/mol. The number of nitrogens with zero attached hydrogens (tertiary/aromatic N) is 2. The van der Waals surface area contributed by atoms with Crippen molar-refractivity contribution in [2.24, 2.45) is 0 Å². The van der Waals surface area contributed by atoms with Crippen molar-refractivity contribution in [1.29, 1.82) is 0 Å². The first-order valence-corrected chi connectivity index (χ1v) is 15.1. The maximum atomic E-state index is 11.3. The van der Waals surface area contributed by atoms with Gasteiger partial charge in [-0.2, -0.15) is 0 Å². The summed E-state index contributed by atoms with van der Waals surface area (Å²) < 4.78 is 0. The standard InChI is InChI=1S/C40H34N2O2/c43-39-37(29-21-25-35(26-22-29)41(31-13-5-1-6-14-31)32-15-7-2-8-16-32)40(44)38(39)30-23-27-36(28-24-30)42(33-17-9-3-10-18-33)34-19-11-4-12-20-34/h1-28,37-40,43-44H. The average Bonchev–Trinajstić information content (AvgIpc) is 3.09. The Hall–Kier alpha value is -5.16. The zero-order valence-electron chi connectivity index (χ0n) is 24.3. The van der Waals surface area contributed by atoms with Crippen LogP contribution in [0.25, 0.3) is 0 Å². The summed E-state index contributed by atoms with van der Waals surface area (Å²) in [6, 6.07) is 57.5. The number of aliphatic hydroxyl groups excluding tert-OH is 2. The van der Waals surface area contributed by atoms with E-state index in [1.165, 1.54) is 0 Å². The van der Waals surface area contributed by atoms with E-state index in [1.54, 1.807) is 0 Å². The molecule has 6 aromatic rings. The molecule has 0 saturated heterocycles. The molecule has 4 heteroatoms. The van der Waals surface area contributed by atoms with E-state index in [9.17, 15) is 10.2 Å². The van der Waals surface area contributed by atoms with E-state index >= 15 is 0 Å². The fourth-order valence-electron chi connectivity index (χ4n) is 6.39. The van der Waals surface area contributed by atoms with E-state index in [2.05, 4.69) is 82.6 Å². The quantitative estimate of drug-likeness (QED) is 0.190. The van der Waals surface area contributed by atoms with Crippen LogP contribution in [0.5, 0.6) is 0 Å². The minimum atomic E-state index is -0.680. The highest BCUT2D eigenvalue weighted by Gasteiger charge is 2.50. The molecule has 0 unspecified atom stereocenters. The Morgan fingerprint density at radius 2 is 0.523 bits per heavy atom. The molecule has 0 heterocycles. The van der Waals surface area contributed by atoms with Gasteiger partial charge >= 0.3 is 0 Å². The normalized spacial score (nSPS) is 19.1. The Labute approximate surface area is 258 Å². The fraction of sp³-hybridized carbons (Fsp3) is 0.100. The van der Waals surface area contributed by atoms with E-state index in [1.807, 2.05) is 97.1 Å². The van der Waals surface area contributed by atoms with E-state index in [0.717, 1.165) is 45.3 Å². The number of para-hydroxylation sites is 4. The van der Waals surface area contributed by atoms with Crippen LogP contribution in [0.15, 0.2) is 170 Å². The van der Waals surface area contributed by atoms with Gasteiger partial charge in [0.05, 0.1) is 12.2 Å². The monoisotopic (exact) mass is 574 g/mol. The summed E-state index contributed by atoms with van der Waals surface area (Å²) in [6.07, 6.45) is -1.36. The van der Waals surface area contributed by atoms with Crippen molar-refractivity contribution in [1.82, 2.24) is 0 Å². The molecule has 1 fully saturated rings. The molecule has 1 aliphatic rings. The van der Waals surface area contributed by atoms with Crippen molar-refractivity contribution in [3.8, 4) is 0 Å². The first-order valence-electron chi connectivity index (χ1n) is 15.1. The van der Waals surface area contributed by atoms with Gasteiger partial charge in [0.25, 0.3) is 0 Å². The van der Waals surface area contributed by atoms with E-state index in [4.69, 9.17) is 0 Å². The Morgan fingerprint density at radius 3 is 0.773 bits per heavy atom. The van der Waals surface area contributed by atoms with E-state index in [-0.39, 0.29) is 11.8 Å². The second-order valence-electron chi connectivity index (χ2n) is 11.2. The van der Waals surface area contributed by atoms with Gasteiger partial charge in [-0.15, -0.1) is 0 Å². The minimum Gasteiger partial charge on any atom is -0.392 e. The van der Waals surface area contributed by atoms with Crippen LogP contribution < -0.4 is 9.80 Å². The van der Waals surface area contributed by atoms with Gasteiger partial charge in [0.1, 0.15) is 0 Å². The van der Waals surface area contributed by atoms with E-state index < -0.39 is 12.2 Å². The highest BCUT2D eigenvalue weighted by atomic mass is 16.3. The molecular weight excluding hydrogens is 540 g/mol. The van der Waals surface area contributed by atoms with Crippen LogP contribution in [0.4, 0.5) is 34.1 Å². The Bertz CT molecular complexity index is 1550. The molecule has 0 aromatic heterocycles. The summed E-state index contributed by atoms with van der Waals surface area (Å²) >= 11 is 0. The molecule has 0 aliphatic heterocycles. The summed E-state index contributed by atoms with van der Waals surface area (Å²) in [4.78, 5) is 4.41. The molecule has 216 valence electrons. The van der Waals surface area contributed by atoms with Crippen LogP contribution >= 0.6 is 0 Å². The Kier molecular flexibility index (Phi) is 7.68. The third-order valence-electron chi connectivity index (χ3n) is 8.60. The lowest BCUT2D eigenvalue weighted by molar-refractivity contribution is -0.0785. The minimum absolute atomic E-state index is 0.347. The summed E-state index contributed by atoms with van der Waals surface area (Å²) in [6.45, 7) is 0. The molecule has 6 aromatic carbocycles. The molecule has 2 N–H and O–H groups in total. The first-order chi connectivity index (χ1) is 21.7. The van der Waals surface area contributed by atoms with Gasteiger partial charge in [-0.05, 0) is 83.9 Å². The van der Waals surface area contributed by atoms with Gasteiger partial charge in [0.2, 0.25) is 0 Å². The van der Waals surface area contributed by atoms with Crippen molar-refractivity contribution in [3.63, 3.8) is 0 Å². The second kappa shape index (κ2) is 12.2. The molecule has 7 rings (SSSR count). The lowest BCUT2D eigenvalue weighted by atomic mass is 9.63. The Balaban J connectivity index is 1.11. The number of hydrogen-bond donors (Lipinski definition) is 2. The van der Waals surface area contributed by atoms with Crippen molar-refractivity contribution < 1.29 is 10.2 Å². The van der Waals surface area contributed by atoms with Crippen LogP contribution in [0.2, 0.25) is 0 Å². The van der Waals surface area contributed by atoms with Crippen molar-refractivity contribution in [3.05, 3.63) is 181 Å². The number of hydrogen-bond acceptors (Lipinski definition) is 4. The zero-order chi connectivity index (χ0) is 29.9. The number of rotatable bonds is 8. The van der Waals surface area contributed by atoms with Gasteiger partial charge in [0, 0.05) is 46.0 Å². The largest absolute Gasteiger partial charge is 0.392 e. The third-order valence-corrected chi connectivity index (χ3v) is 8.60. The lowest BCUT2D eigenvalue weighted by Gasteiger charge is -2.47. The molecule has 0 radical (unpaired) electrons. The van der Waals surface area contributed by atoms with Gasteiger partial charge in [-0.25, -0.2) is 0 Å². The summed E-state index contributed by atoms with van der Waals surface area (Å²) in [7, 11) is 0. The van der Waals surface area contributed by atoms with Crippen LogP contribution in [0.3, 0.4) is 0 Å². The Morgan fingerprint density at radius 1 is 0.295 bits per heavy atom. The second-order valence-corrected chi connectivity index (χ2v) is 11.2. The molecule has 1 aliphatic carbocycles. The van der Waals surface area contributed by atoms with E-state index in [0.29, 0.717) is 0 Å². The summed E-state index contributed by atoms with van der Waals surface area (Å²) in [5.74, 6) is -0.693. The molecular formula is C40H34N2O2. The highest BCUT2D eigenvalue weighted by molar-refractivity contribution is 5.77. The van der Waals surface area contributed by atoms with Crippen molar-refractivity contribution in [2.75, 3.05) is 9.80 Å². The number of benzene rings is 6. The number of aliphatic hydroxyl groups is 2. The fourth-order valence-corrected chi connectivity index (χ4v) is 6.39. The van der Waals surface area contributed by atoms with Crippen molar-refractivity contribution in [2.45, 2.75) is 24.0 Å². The summed E-state index contributed by atoms with van der Waals surface area (Å²) in [5, 5.41) is 22.7. The third kappa shape index (κ3) is 5.26. The first kappa shape index (κ1) is 27.7. The maximum Gasteiger partial charge on any atom is 0.0727 e. The molecule has 4 nitrogen and oxygen atoms in total. The van der Waals surface area contributed by atoms with Gasteiger partial charge in [-0.3, -0.25) is 0 Å². The van der Waals surface area contributed by atoms with Crippen LogP contribution in [-0.2, 0) is 0 Å². The van der Waals surface area contributed by atoms with Gasteiger partial charge in [0.15, 0.2) is 0 Å². The molecule has 0 atom stereocenters. The van der Waals surface area contributed by atoms with Crippen molar-refractivity contribution >= 4 is 34.1 Å². The highest BCUT2D eigenvalue weighted by Crippen LogP contribution is 2.49. The smallest absolute Gasteiger partial charge is 0.0727 e. The lowest BCUT2D eigenvalue weighted by Crippen LogP contribution is -2.51. The SMILES string of the molecule is OC1C(c2ccc(N(c3ccccc3)c3ccccc3)cc2)C(O)C1c1ccc(N(c2ccccc2)c2ccccc2)cc1. The van der Waals surface area contributed by atoms with Gasteiger partial charge in [-0.1, -0.05) is 97.1 Å². The maximum absolute atomic E-state index is 11.3. The summed E-state index contributed by atoms with van der Waals surface area (Å²) in [5.41, 5.74) is 8.16. The molecule has 44 heavy (non-hydrogen) atoms. The molecule has 0 amide bonds.